The smallest absolute Gasteiger partial charge is 0.0456 e. The first-order chi connectivity index (χ1) is 8.22. The molecule has 1 saturated carbocycles. The van der Waals surface area contributed by atoms with E-state index in [1.807, 2.05) is 13.8 Å². The molecule has 0 aliphatic heterocycles. The van der Waals surface area contributed by atoms with Gasteiger partial charge in [0.05, 0.1) is 0 Å². The van der Waals surface area contributed by atoms with Crippen molar-refractivity contribution in [1.82, 2.24) is 0 Å². The second kappa shape index (κ2) is 6.93. The Kier molecular flexibility index (Phi) is 6.92. The van der Waals surface area contributed by atoms with Gasteiger partial charge in [-0.05, 0) is 47.8 Å². The quantitative estimate of drug-likeness (QED) is 0.739. The highest BCUT2D eigenvalue weighted by Gasteiger charge is 2.49. The minimum absolute atomic E-state index is 0.334. The number of hydrogen-bond donors (Lipinski definition) is 1. The van der Waals surface area contributed by atoms with E-state index in [-0.39, 0.29) is 0 Å². The van der Waals surface area contributed by atoms with Crippen LogP contribution < -0.4 is 0 Å². The van der Waals surface area contributed by atoms with Gasteiger partial charge in [-0.15, -0.1) is 0 Å². The lowest BCUT2D eigenvalue weighted by molar-refractivity contribution is 0.0665. The minimum atomic E-state index is 0.334. The molecule has 0 heterocycles. The number of rotatable bonds is 4. The van der Waals surface area contributed by atoms with Crippen LogP contribution in [0.3, 0.4) is 0 Å². The van der Waals surface area contributed by atoms with Gasteiger partial charge in [0.2, 0.25) is 0 Å². The Morgan fingerprint density at radius 3 is 1.94 bits per heavy atom. The summed E-state index contributed by atoms with van der Waals surface area (Å²) >= 11 is 0. The lowest BCUT2D eigenvalue weighted by Crippen LogP contribution is -2.35. The highest BCUT2D eigenvalue weighted by atomic mass is 16.3. The summed E-state index contributed by atoms with van der Waals surface area (Å²) in [5.74, 6) is 2.00. The molecule has 1 aliphatic rings. The zero-order valence-electron chi connectivity index (χ0n) is 14.0. The van der Waals surface area contributed by atoms with Gasteiger partial charge in [-0.25, -0.2) is 0 Å². The fourth-order valence-corrected chi connectivity index (χ4v) is 3.57. The van der Waals surface area contributed by atoms with Gasteiger partial charge in [-0.1, -0.05) is 55.4 Å². The number of aliphatic hydroxyl groups excluding tert-OH is 1. The van der Waals surface area contributed by atoms with Gasteiger partial charge in [0.25, 0.3) is 0 Å². The first-order valence-corrected chi connectivity index (χ1v) is 7.83. The molecule has 1 N–H and O–H groups in total. The molecule has 1 fully saturated rings. The van der Waals surface area contributed by atoms with E-state index in [0.717, 1.165) is 11.8 Å². The van der Waals surface area contributed by atoms with Crippen LogP contribution in [-0.2, 0) is 0 Å². The molecule has 0 spiro atoms. The second-order valence-electron chi connectivity index (χ2n) is 7.25. The summed E-state index contributed by atoms with van der Waals surface area (Å²) in [6.07, 6.45) is 3.88. The van der Waals surface area contributed by atoms with Gasteiger partial charge in [-0.3, -0.25) is 0 Å². The third kappa shape index (κ3) is 3.73. The summed E-state index contributed by atoms with van der Waals surface area (Å²) in [6, 6.07) is 0. The van der Waals surface area contributed by atoms with Crippen molar-refractivity contribution in [2.45, 2.75) is 74.7 Å². The average molecular weight is 256 g/mol. The molecule has 0 aromatic rings. The molecule has 18 heavy (non-hydrogen) atoms. The van der Waals surface area contributed by atoms with Crippen LogP contribution in [0.5, 0.6) is 0 Å². The Bertz CT molecular complexity index is 230. The highest BCUT2D eigenvalue weighted by Crippen LogP contribution is 2.58. The van der Waals surface area contributed by atoms with E-state index < -0.39 is 0 Å². The van der Waals surface area contributed by atoms with Crippen LogP contribution in [0.15, 0.2) is 0 Å². The van der Waals surface area contributed by atoms with Gasteiger partial charge < -0.3 is 5.11 Å². The zero-order chi connectivity index (χ0) is 14.6. The van der Waals surface area contributed by atoms with Crippen LogP contribution in [0.4, 0.5) is 0 Å². The van der Waals surface area contributed by atoms with Gasteiger partial charge in [0, 0.05) is 6.61 Å². The van der Waals surface area contributed by atoms with Crippen LogP contribution in [0.1, 0.15) is 74.7 Å². The molecule has 1 heteroatoms. The minimum Gasteiger partial charge on any atom is -0.396 e. The largest absolute Gasteiger partial charge is 0.396 e. The van der Waals surface area contributed by atoms with Crippen LogP contribution in [-0.4, -0.2) is 11.7 Å². The molecular weight excluding hydrogens is 220 g/mol. The van der Waals surface area contributed by atoms with E-state index in [2.05, 4.69) is 41.5 Å². The normalized spacial score (nSPS) is 28.2. The maximum Gasteiger partial charge on any atom is 0.0456 e. The van der Waals surface area contributed by atoms with Crippen LogP contribution in [0.2, 0.25) is 0 Å². The third-order valence-corrected chi connectivity index (χ3v) is 5.52. The van der Waals surface area contributed by atoms with Gasteiger partial charge in [0.1, 0.15) is 0 Å². The topological polar surface area (TPSA) is 20.2 Å². The van der Waals surface area contributed by atoms with Crippen molar-refractivity contribution in [3.8, 4) is 0 Å². The third-order valence-electron chi connectivity index (χ3n) is 5.52. The Morgan fingerprint density at radius 2 is 1.61 bits per heavy atom. The molecule has 0 radical (unpaired) electrons. The first kappa shape index (κ1) is 18.0. The molecule has 1 rings (SSSR count). The summed E-state index contributed by atoms with van der Waals surface area (Å²) in [4.78, 5) is 0. The molecule has 3 atom stereocenters. The van der Waals surface area contributed by atoms with Crippen molar-refractivity contribution in [1.29, 1.82) is 0 Å². The number of hydrogen-bond acceptors (Lipinski definition) is 1. The SMILES string of the molecule is CC.CC(CO)CC(C)C1CCC(C)(C)C1(C)C. The highest BCUT2D eigenvalue weighted by molar-refractivity contribution is 4.99. The monoisotopic (exact) mass is 256 g/mol. The Hall–Kier alpha value is -0.0400. The van der Waals surface area contributed by atoms with Crippen molar-refractivity contribution in [2.75, 3.05) is 6.61 Å². The summed E-state index contributed by atoms with van der Waals surface area (Å²) in [7, 11) is 0. The van der Waals surface area contributed by atoms with E-state index in [4.69, 9.17) is 5.11 Å². The first-order valence-electron chi connectivity index (χ1n) is 7.83. The molecule has 1 nitrogen and oxygen atoms in total. The standard InChI is InChI=1S/C15H30O.C2H6/c1-11(10-16)9-12(2)13-7-8-14(3,4)15(13,5)6;1-2/h11-13,16H,7-10H2,1-6H3;1-2H3. The molecule has 0 aromatic heterocycles. The summed E-state index contributed by atoms with van der Waals surface area (Å²) in [6.45, 7) is 18.6. The van der Waals surface area contributed by atoms with Crippen LogP contribution >= 0.6 is 0 Å². The Morgan fingerprint density at radius 1 is 1.11 bits per heavy atom. The number of aliphatic hydroxyl groups is 1. The molecule has 0 aromatic carbocycles. The van der Waals surface area contributed by atoms with Crippen molar-refractivity contribution < 1.29 is 5.11 Å². The fourth-order valence-electron chi connectivity index (χ4n) is 3.57. The van der Waals surface area contributed by atoms with E-state index >= 15 is 0 Å². The average Bonchev–Trinajstić information content (AvgIpc) is 2.51. The van der Waals surface area contributed by atoms with E-state index in [1.54, 1.807) is 0 Å². The van der Waals surface area contributed by atoms with Crippen molar-refractivity contribution in [3.63, 3.8) is 0 Å². The summed E-state index contributed by atoms with van der Waals surface area (Å²) in [5.41, 5.74) is 0.899. The van der Waals surface area contributed by atoms with E-state index in [9.17, 15) is 0 Å². The molecule has 0 bridgehead atoms. The van der Waals surface area contributed by atoms with Crippen LogP contribution in [0.25, 0.3) is 0 Å². The molecule has 110 valence electrons. The van der Waals surface area contributed by atoms with Gasteiger partial charge in [0.15, 0.2) is 0 Å². The van der Waals surface area contributed by atoms with E-state index in [0.29, 0.717) is 23.4 Å². The lowest BCUT2D eigenvalue weighted by atomic mass is 9.63. The Balaban J connectivity index is 0.00000137. The second-order valence-corrected chi connectivity index (χ2v) is 7.25. The summed E-state index contributed by atoms with van der Waals surface area (Å²) in [5, 5.41) is 9.16. The van der Waals surface area contributed by atoms with Crippen molar-refractivity contribution in [3.05, 3.63) is 0 Å². The maximum atomic E-state index is 9.16. The molecule has 3 unspecified atom stereocenters. The fraction of sp³-hybridized carbons (Fsp3) is 1.00. The predicted molar refractivity (Wildman–Crippen MR) is 81.7 cm³/mol. The molecule has 0 amide bonds. The lowest BCUT2D eigenvalue weighted by Gasteiger charge is -2.42. The molecular formula is C17H36O. The van der Waals surface area contributed by atoms with E-state index in [1.165, 1.54) is 19.3 Å². The van der Waals surface area contributed by atoms with Gasteiger partial charge >= 0.3 is 0 Å². The molecule has 0 saturated heterocycles. The Labute approximate surface area is 115 Å². The van der Waals surface area contributed by atoms with Crippen molar-refractivity contribution in [2.24, 2.45) is 28.6 Å². The molecule has 1 aliphatic carbocycles. The predicted octanol–water partition coefficient (Wildman–Crippen LogP) is 5.13. The summed E-state index contributed by atoms with van der Waals surface area (Å²) < 4.78 is 0. The van der Waals surface area contributed by atoms with Gasteiger partial charge in [-0.2, -0.15) is 0 Å². The zero-order valence-corrected chi connectivity index (χ0v) is 14.0. The van der Waals surface area contributed by atoms with Crippen LogP contribution in [0, 0.1) is 28.6 Å². The van der Waals surface area contributed by atoms with Crippen molar-refractivity contribution >= 4 is 0 Å². The maximum absolute atomic E-state index is 9.16.